The first-order chi connectivity index (χ1) is 13.4. The van der Waals surface area contributed by atoms with Crippen molar-refractivity contribution in [2.45, 2.75) is 0 Å². The molecule has 0 unspecified atom stereocenters. The van der Waals surface area contributed by atoms with Gasteiger partial charge in [0.2, 0.25) is 0 Å². The highest BCUT2D eigenvalue weighted by Gasteiger charge is 2.33. The molecule has 0 amide bonds. The third kappa shape index (κ3) is 4.01. The molecule has 0 radical (unpaired) electrons. The summed E-state index contributed by atoms with van der Waals surface area (Å²) in [6, 6.07) is 17.8. The van der Waals surface area contributed by atoms with Gasteiger partial charge in [0.15, 0.2) is 0 Å². The van der Waals surface area contributed by atoms with Gasteiger partial charge in [-0.2, -0.15) is 10.5 Å². The van der Waals surface area contributed by atoms with E-state index < -0.39 is 40.0 Å². The highest BCUT2D eigenvalue weighted by Crippen LogP contribution is 2.19. The van der Waals surface area contributed by atoms with Gasteiger partial charge in [-0.25, -0.2) is 0 Å². The van der Waals surface area contributed by atoms with Crippen molar-refractivity contribution in [3.05, 3.63) is 82.9 Å². The Hall–Kier alpha value is -4.49. The Kier molecular flexibility index (Phi) is 6.19. The number of aliphatic hydroxyl groups is 2. The van der Waals surface area contributed by atoms with Crippen molar-refractivity contribution in [3.63, 3.8) is 0 Å². The number of rotatable bonds is 6. The van der Waals surface area contributed by atoms with Crippen LogP contribution in [0.4, 0.5) is 0 Å². The molecule has 2 aromatic carbocycles. The highest BCUT2D eigenvalue weighted by atomic mass is 16.3. The molecule has 0 aliphatic heterocycles. The first kappa shape index (κ1) is 19.8. The molecule has 2 N–H and O–H groups in total. The van der Waals surface area contributed by atoms with Crippen LogP contribution in [0.2, 0.25) is 0 Å². The maximum atomic E-state index is 12.3. The van der Waals surface area contributed by atoms with Crippen molar-refractivity contribution in [3.8, 4) is 12.1 Å². The summed E-state index contributed by atoms with van der Waals surface area (Å²) in [6.07, 6.45) is 0. The second-order valence-electron chi connectivity index (χ2n) is 5.39. The van der Waals surface area contributed by atoms with Crippen LogP contribution >= 0.6 is 0 Å². The molecule has 0 bridgehead atoms. The lowest BCUT2D eigenvalue weighted by molar-refractivity contribution is -0.140. The molecule has 0 aliphatic rings. The smallest absolute Gasteiger partial charge is 0.275 e. The first-order valence-corrected chi connectivity index (χ1v) is 7.83. The van der Waals surface area contributed by atoms with Crippen LogP contribution in [0, 0.1) is 22.7 Å². The van der Waals surface area contributed by atoms with Crippen LogP contribution in [0.15, 0.2) is 71.8 Å². The lowest BCUT2D eigenvalue weighted by Gasteiger charge is -2.05. The van der Waals surface area contributed by atoms with Crippen LogP contribution in [0.5, 0.6) is 0 Å². The topological polar surface area (TPSA) is 139 Å². The Morgan fingerprint density at radius 3 is 1.21 bits per heavy atom. The number of Topliss-reactive ketones (excluding diaryl/α,β-unsaturated/α-hetero) is 3. The minimum absolute atomic E-state index is 0.0934. The molecule has 7 heteroatoms. The number of hydrogen-bond acceptors (Lipinski definition) is 7. The largest absolute Gasteiger partial charge is 0.506 e. The zero-order valence-electron chi connectivity index (χ0n) is 14.3. The third-order valence-corrected chi connectivity index (χ3v) is 3.66. The molecule has 0 atom stereocenters. The molecule has 136 valence electrons. The zero-order valence-corrected chi connectivity index (χ0v) is 14.3. The van der Waals surface area contributed by atoms with E-state index in [2.05, 4.69) is 0 Å². The van der Waals surface area contributed by atoms with Crippen molar-refractivity contribution in [1.82, 2.24) is 0 Å². The number of carbonyl (C=O) groups excluding carboxylic acids is 3. The van der Waals surface area contributed by atoms with E-state index in [1.54, 1.807) is 12.1 Å². The predicted molar refractivity (Wildman–Crippen MR) is 98.2 cm³/mol. The number of aliphatic hydroxyl groups excluding tert-OH is 2. The minimum atomic E-state index is -1.72. The number of allylic oxidation sites excluding steroid dienone is 2. The fourth-order valence-corrected chi connectivity index (χ4v) is 2.23. The van der Waals surface area contributed by atoms with Gasteiger partial charge in [0.1, 0.15) is 34.8 Å². The summed E-state index contributed by atoms with van der Waals surface area (Å²) in [5, 5.41) is 38.5. The second kappa shape index (κ2) is 8.75. The van der Waals surface area contributed by atoms with Gasteiger partial charge in [-0.15, -0.1) is 0 Å². The average Bonchev–Trinajstić information content (AvgIpc) is 2.75. The summed E-state index contributed by atoms with van der Waals surface area (Å²) >= 11 is 0. The quantitative estimate of drug-likeness (QED) is 0.261. The first-order valence-electron chi connectivity index (χ1n) is 7.83. The van der Waals surface area contributed by atoms with Gasteiger partial charge in [0, 0.05) is 11.1 Å². The van der Waals surface area contributed by atoms with E-state index in [0.29, 0.717) is 0 Å². The molecule has 2 aromatic rings. The molecule has 0 spiro atoms. The molecular formula is C21H12N2O5. The monoisotopic (exact) mass is 372 g/mol. The van der Waals surface area contributed by atoms with Gasteiger partial charge in [0.25, 0.3) is 17.3 Å². The molecule has 0 heterocycles. The van der Waals surface area contributed by atoms with Crippen molar-refractivity contribution in [1.29, 1.82) is 10.5 Å². The third-order valence-electron chi connectivity index (χ3n) is 3.66. The van der Waals surface area contributed by atoms with Crippen LogP contribution < -0.4 is 0 Å². The van der Waals surface area contributed by atoms with Gasteiger partial charge in [-0.3, -0.25) is 14.4 Å². The van der Waals surface area contributed by atoms with E-state index in [-0.39, 0.29) is 11.1 Å². The fraction of sp³-hybridized carbons (Fsp3) is 0. The standard InChI is InChI=1S/C21H12N2O5/c22-11-15(17(24)13-7-3-1-4-8-13)19(26)21(28)20(27)16(12-23)18(25)14-9-5-2-6-10-14/h1-10,24-25H. The Bertz CT molecular complexity index is 998. The van der Waals surface area contributed by atoms with Crippen molar-refractivity contribution >= 4 is 28.9 Å². The molecule has 0 saturated carbocycles. The molecule has 2 rings (SSSR count). The molecule has 0 aliphatic carbocycles. The van der Waals surface area contributed by atoms with E-state index in [9.17, 15) is 24.6 Å². The van der Waals surface area contributed by atoms with Gasteiger partial charge in [-0.05, 0) is 0 Å². The summed E-state index contributed by atoms with van der Waals surface area (Å²) in [5.41, 5.74) is -1.70. The molecule has 28 heavy (non-hydrogen) atoms. The van der Waals surface area contributed by atoms with E-state index in [1.807, 2.05) is 0 Å². The summed E-state index contributed by atoms with van der Waals surface area (Å²) in [6.45, 7) is 0. The fourth-order valence-electron chi connectivity index (χ4n) is 2.23. The number of nitrogens with zero attached hydrogens (tertiary/aromatic N) is 2. The van der Waals surface area contributed by atoms with Crippen molar-refractivity contribution in [2.24, 2.45) is 0 Å². The molecule has 0 saturated heterocycles. The number of hydrogen-bond donors (Lipinski definition) is 2. The van der Waals surface area contributed by atoms with Crippen LogP contribution in [-0.2, 0) is 14.4 Å². The van der Waals surface area contributed by atoms with Gasteiger partial charge < -0.3 is 10.2 Å². The number of nitriles is 2. The average molecular weight is 372 g/mol. The van der Waals surface area contributed by atoms with Crippen molar-refractivity contribution < 1.29 is 24.6 Å². The van der Waals surface area contributed by atoms with Gasteiger partial charge in [0.05, 0.1) is 0 Å². The van der Waals surface area contributed by atoms with E-state index in [0.717, 1.165) is 0 Å². The van der Waals surface area contributed by atoms with Crippen LogP contribution in [0.1, 0.15) is 11.1 Å². The van der Waals surface area contributed by atoms with E-state index in [1.165, 1.54) is 60.7 Å². The van der Waals surface area contributed by atoms with Crippen molar-refractivity contribution in [2.75, 3.05) is 0 Å². The molecule has 0 aromatic heterocycles. The van der Waals surface area contributed by atoms with Gasteiger partial charge in [-0.1, -0.05) is 60.7 Å². The maximum Gasteiger partial charge on any atom is 0.275 e. The summed E-state index contributed by atoms with van der Waals surface area (Å²) in [4.78, 5) is 36.8. The summed E-state index contributed by atoms with van der Waals surface area (Å²) in [5.74, 6) is -6.43. The maximum absolute atomic E-state index is 12.3. The normalized spacial score (nSPS) is 11.9. The number of carbonyl (C=O) groups is 3. The lowest BCUT2D eigenvalue weighted by atomic mass is 9.97. The van der Waals surface area contributed by atoms with E-state index in [4.69, 9.17) is 10.5 Å². The SMILES string of the molecule is N#CC(C(=O)C(=O)C(=O)C(C#N)=C(O)c1ccccc1)=C(O)c1ccccc1. The molecule has 0 fully saturated rings. The second-order valence-corrected chi connectivity index (χ2v) is 5.39. The van der Waals surface area contributed by atoms with Crippen LogP contribution in [-0.4, -0.2) is 27.6 Å². The minimum Gasteiger partial charge on any atom is -0.506 e. The summed E-state index contributed by atoms with van der Waals surface area (Å²) < 4.78 is 0. The Morgan fingerprint density at radius 1 is 0.607 bits per heavy atom. The van der Waals surface area contributed by atoms with Gasteiger partial charge >= 0.3 is 0 Å². The Labute approximate surface area is 159 Å². The lowest BCUT2D eigenvalue weighted by Crippen LogP contribution is -2.27. The Morgan fingerprint density at radius 2 is 0.929 bits per heavy atom. The number of benzene rings is 2. The summed E-state index contributed by atoms with van der Waals surface area (Å²) in [7, 11) is 0. The van der Waals surface area contributed by atoms with Crippen LogP contribution in [0.25, 0.3) is 11.5 Å². The predicted octanol–water partition coefficient (Wildman–Crippen LogP) is 2.68. The highest BCUT2D eigenvalue weighted by molar-refractivity contribution is 6.71. The molecular weight excluding hydrogens is 360 g/mol. The Balaban J connectivity index is 2.44. The van der Waals surface area contributed by atoms with Crippen LogP contribution in [0.3, 0.4) is 0 Å². The molecule has 7 nitrogen and oxygen atoms in total. The number of ketones is 3. The zero-order chi connectivity index (χ0) is 20.7. The van der Waals surface area contributed by atoms with E-state index >= 15 is 0 Å².